The third-order valence-corrected chi connectivity index (χ3v) is 4.38. The molecule has 0 bridgehead atoms. The minimum Gasteiger partial charge on any atom is -0.357 e. The van der Waals surface area contributed by atoms with Crippen molar-refractivity contribution in [3.8, 4) is 5.69 Å². The first-order valence-corrected chi connectivity index (χ1v) is 9.69. The van der Waals surface area contributed by atoms with Crippen molar-refractivity contribution >= 4 is 5.96 Å². The number of aliphatic imine (C=N–C) groups is 1. The molecule has 2 N–H and O–H groups in total. The highest BCUT2D eigenvalue weighted by molar-refractivity contribution is 5.79. The highest BCUT2D eigenvalue weighted by Crippen LogP contribution is 2.17. The van der Waals surface area contributed by atoms with E-state index >= 15 is 0 Å². The van der Waals surface area contributed by atoms with Gasteiger partial charge in [-0.1, -0.05) is 18.2 Å². The molecule has 0 amide bonds. The molecule has 0 aliphatic carbocycles. The fraction of sp³-hybridized carbons (Fsp3) is 0.381. The van der Waals surface area contributed by atoms with Crippen LogP contribution in [0.1, 0.15) is 29.4 Å². The van der Waals surface area contributed by atoms with E-state index in [0.717, 1.165) is 48.2 Å². The number of hydrogen-bond donors (Lipinski definition) is 2. The minimum atomic E-state index is 0.574. The van der Waals surface area contributed by atoms with Gasteiger partial charge >= 0.3 is 0 Å². The van der Waals surface area contributed by atoms with Gasteiger partial charge in [-0.2, -0.15) is 10.2 Å². The number of para-hydroxylation sites is 1. The molecule has 0 atom stereocenters. The lowest BCUT2D eigenvalue weighted by Gasteiger charge is -2.13. The van der Waals surface area contributed by atoms with Gasteiger partial charge in [0, 0.05) is 25.0 Å². The molecule has 7 heteroatoms. The molecule has 7 nitrogen and oxygen atoms in total. The molecular formula is C21H29N7. The van der Waals surface area contributed by atoms with Crippen LogP contribution >= 0.6 is 0 Å². The Balaban J connectivity index is 1.70. The molecule has 0 fully saturated rings. The number of rotatable bonds is 7. The van der Waals surface area contributed by atoms with Crippen molar-refractivity contribution in [3.05, 3.63) is 65.2 Å². The van der Waals surface area contributed by atoms with Crippen LogP contribution in [-0.4, -0.2) is 38.6 Å². The molecule has 0 aliphatic rings. The number of nitrogens with zero attached hydrogens (tertiary/aromatic N) is 5. The van der Waals surface area contributed by atoms with Crippen LogP contribution in [0.3, 0.4) is 0 Å². The smallest absolute Gasteiger partial charge is 0.191 e. The first-order chi connectivity index (χ1) is 13.6. The maximum absolute atomic E-state index is 4.77. The fourth-order valence-electron chi connectivity index (χ4n) is 3.11. The van der Waals surface area contributed by atoms with Gasteiger partial charge in [0.2, 0.25) is 0 Å². The third-order valence-electron chi connectivity index (χ3n) is 4.38. The molecule has 28 heavy (non-hydrogen) atoms. The largest absolute Gasteiger partial charge is 0.357 e. The molecule has 3 aromatic rings. The Morgan fingerprint density at radius 1 is 1.14 bits per heavy atom. The Morgan fingerprint density at radius 2 is 1.96 bits per heavy atom. The van der Waals surface area contributed by atoms with Crippen molar-refractivity contribution in [3.63, 3.8) is 0 Å². The van der Waals surface area contributed by atoms with Gasteiger partial charge in [-0.15, -0.1) is 0 Å². The van der Waals surface area contributed by atoms with E-state index in [0.29, 0.717) is 6.54 Å². The maximum Gasteiger partial charge on any atom is 0.191 e. The van der Waals surface area contributed by atoms with Gasteiger partial charge < -0.3 is 10.6 Å². The van der Waals surface area contributed by atoms with E-state index in [1.807, 2.05) is 47.7 Å². The third kappa shape index (κ3) is 5.00. The summed E-state index contributed by atoms with van der Waals surface area (Å²) in [5, 5.41) is 15.6. The Kier molecular flexibility index (Phi) is 6.47. The van der Waals surface area contributed by atoms with E-state index in [1.54, 1.807) is 0 Å². The molecule has 0 saturated heterocycles. The second-order valence-electron chi connectivity index (χ2n) is 6.87. The topological polar surface area (TPSA) is 72.1 Å². The normalized spacial score (nSPS) is 11.6. The second-order valence-corrected chi connectivity index (χ2v) is 6.87. The first-order valence-electron chi connectivity index (χ1n) is 9.69. The van der Waals surface area contributed by atoms with Crippen molar-refractivity contribution in [1.82, 2.24) is 30.2 Å². The first kappa shape index (κ1) is 19.7. The summed E-state index contributed by atoms with van der Waals surface area (Å²) in [7, 11) is 0. The number of benzene rings is 1. The summed E-state index contributed by atoms with van der Waals surface area (Å²) in [5.41, 5.74) is 5.50. The molecular weight excluding hydrogens is 350 g/mol. The van der Waals surface area contributed by atoms with Crippen LogP contribution in [0.2, 0.25) is 0 Å². The standard InChI is InChI=1S/C21H29N7/c1-5-22-21(23-10-11-27-15-16(2)13-25-27)24-14-19-8-6-7-9-20(19)28-18(4)12-17(3)26-28/h6-9,12-13,15H,5,10-11,14H2,1-4H3,(H2,22,23,24). The van der Waals surface area contributed by atoms with Gasteiger partial charge in [-0.25, -0.2) is 9.67 Å². The van der Waals surface area contributed by atoms with E-state index in [2.05, 4.69) is 52.9 Å². The van der Waals surface area contributed by atoms with Crippen molar-refractivity contribution in [2.75, 3.05) is 13.1 Å². The van der Waals surface area contributed by atoms with Crippen LogP contribution < -0.4 is 10.6 Å². The molecule has 0 aliphatic heterocycles. The molecule has 0 saturated carbocycles. The van der Waals surface area contributed by atoms with Crippen molar-refractivity contribution in [1.29, 1.82) is 0 Å². The van der Waals surface area contributed by atoms with E-state index in [9.17, 15) is 0 Å². The molecule has 0 spiro atoms. The van der Waals surface area contributed by atoms with E-state index in [4.69, 9.17) is 4.99 Å². The lowest BCUT2D eigenvalue weighted by Crippen LogP contribution is -2.38. The summed E-state index contributed by atoms with van der Waals surface area (Å²) in [6, 6.07) is 10.4. The second kappa shape index (κ2) is 9.21. The Hall–Kier alpha value is -3.09. The van der Waals surface area contributed by atoms with E-state index < -0.39 is 0 Å². The van der Waals surface area contributed by atoms with Gasteiger partial charge in [0.25, 0.3) is 0 Å². The van der Waals surface area contributed by atoms with Crippen LogP contribution in [0.15, 0.2) is 47.7 Å². The fourth-order valence-corrected chi connectivity index (χ4v) is 3.11. The Bertz CT molecular complexity index is 936. The van der Waals surface area contributed by atoms with Crippen LogP contribution in [0.5, 0.6) is 0 Å². The summed E-state index contributed by atoms with van der Waals surface area (Å²) in [5.74, 6) is 0.801. The molecule has 0 radical (unpaired) electrons. The zero-order valence-corrected chi connectivity index (χ0v) is 17.1. The molecule has 0 unspecified atom stereocenters. The highest BCUT2D eigenvalue weighted by atomic mass is 15.3. The number of aryl methyl sites for hydroxylation is 3. The highest BCUT2D eigenvalue weighted by Gasteiger charge is 2.08. The Morgan fingerprint density at radius 3 is 2.64 bits per heavy atom. The average Bonchev–Trinajstić information content (AvgIpc) is 3.24. The number of hydrogen-bond acceptors (Lipinski definition) is 3. The summed E-state index contributed by atoms with van der Waals surface area (Å²) in [4.78, 5) is 4.77. The van der Waals surface area contributed by atoms with Gasteiger partial charge in [-0.05, 0) is 51.0 Å². The van der Waals surface area contributed by atoms with Crippen molar-refractivity contribution < 1.29 is 0 Å². The van der Waals surface area contributed by atoms with Gasteiger partial charge in [-0.3, -0.25) is 4.68 Å². The van der Waals surface area contributed by atoms with Crippen molar-refractivity contribution in [2.24, 2.45) is 4.99 Å². The zero-order valence-electron chi connectivity index (χ0n) is 17.1. The van der Waals surface area contributed by atoms with E-state index in [1.165, 1.54) is 5.56 Å². The Labute approximate surface area is 166 Å². The summed E-state index contributed by atoms with van der Waals surface area (Å²) in [6.07, 6.45) is 3.91. The molecule has 148 valence electrons. The molecule has 1 aromatic carbocycles. The monoisotopic (exact) mass is 379 g/mol. The summed E-state index contributed by atoms with van der Waals surface area (Å²) >= 11 is 0. The summed E-state index contributed by atoms with van der Waals surface area (Å²) in [6.45, 7) is 11.1. The minimum absolute atomic E-state index is 0.574. The van der Waals surface area contributed by atoms with Crippen LogP contribution in [-0.2, 0) is 13.1 Å². The average molecular weight is 380 g/mol. The van der Waals surface area contributed by atoms with Gasteiger partial charge in [0.15, 0.2) is 5.96 Å². The number of guanidine groups is 1. The molecule has 2 aromatic heterocycles. The van der Waals surface area contributed by atoms with Crippen LogP contribution in [0.4, 0.5) is 0 Å². The number of nitrogens with one attached hydrogen (secondary N) is 2. The SMILES string of the molecule is CCNC(=NCc1ccccc1-n1nc(C)cc1C)NCCn1cc(C)cn1. The number of aromatic nitrogens is 4. The summed E-state index contributed by atoms with van der Waals surface area (Å²) < 4.78 is 3.92. The maximum atomic E-state index is 4.77. The predicted octanol–water partition coefficient (Wildman–Crippen LogP) is 2.75. The van der Waals surface area contributed by atoms with Gasteiger partial charge in [0.05, 0.1) is 30.7 Å². The van der Waals surface area contributed by atoms with Gasteiger partial charge in [0.1, 0.15) is 0 Å². The molecule has 2 heterocycles. The molecule has 3 rings (SSSR count). The van der Waals surface area contributed by atoms with E-state index in [-0.39, 0.29) is 0 Å². The van der Waals surface area contributed by atoms with Crippen molar-refractivity contribution in [2.45, 2.75) is 40.8 Å². The predicted molar refractivity (Wildman–Crippen MR) is 113 cm³/mol. The quantitative estimate of drug-likeness (QED) is 0.489. The lowest BCUT2D eigenvalue weighted by molar-refractivity contribution is 0.597. The lowest BCUT2D eigenvalue weighted by atomic mass is 10.2. The zero-order chi connectivity index (χ0) is 19.9. The van der Waals surface area contributed by atoms with Crippen LogP contribution in [0.25, 0.3) is 5.69 Å². The van der Waals surface area contributed by atoms with Crippen LogP contribution in [0, 0.1) is 20.8 Å².